The van der Waals surface area contributed by atoms with E-state index in [9.17, 15) is 4.79 Å². The monoisotopic (exact) mass is 138 g/mol. The summed E-state index contributed by atoms with van der Waals surface area (Å²) in [5.74, 6) is 0. The number of nitrogens with zero attached hydrogens (tertiary/aromatic N) is 1. The van der Waals surface area contributed by atoms with Crippen molar-refractivity contribution in [1.82, 2.24) is 9.88 Å². The minimum atomic E-state index is -0.831. The van der Waals surface area contributed by atoms with Crippen molar-refractivity contribution in [2.24, 2.45) is 0 Å². The highest BCUT2D eigenvalue weighted by Gasteiger charge is 2.24. The van der Waals surface area contributed by atoms with Crippen molar-refractivity contribution in [2.75, 3.05) is 0 Å². The lowest BCUT2D eigenvalue weighted by Crippen LogP contribution is -2.20. The topological polar surface area (TPSA) is 54.3 Å². The van der Waals surface area contributed by atoms with Crippen molar-refractivity contribution in [3.8, 4) is 0 Å². The first kappa shape index (κ1) is 5.49. The molecule has 2 heterocycles. The first-order valence-electron chi connectivity index (χ1n) is 2.95. The first-order chi connectivity index (χ1) is 4.79. The molecule has 2 rings (SSSR count). The molecule has 0 bridgehead atoms. The normalized spacial score (nSPS) is 22.5. The SMILES string of the molecule is O=C1NC(O)c2cccn21. The van der Waals surface area contributed by atoms with Gasteiger partial charge in [-0.15, -0.1) is 0 Å². The maximum absolute atomic E-state index is 10.8. The Morgan fingerprint density at radius 3 is 3.20 bits per heavy atom. The molecule has 1 atom stereocenters. The second kappa shape index (κ2) is 1.60. The summed E-state index contributed by atoms with van der Waals surface area (Å²) in [6, 6.07) is 3.15. The Hall–Kier alpha value is -1.29. The molecule has 1 amide bonds. The average molecular weight is 138 g/mol. The van der Waals surface area contributed by atoms with Crippen molar-refractivity contribution in [3.05, 3.63) is 24.0 Å². The summed E-state index contributed by atoms with van der Waals surface area (Å²) < 4.78 is 1.38. The van der Waals surface area contributed by atoms with Crippen LogP contribution in [0.1, 0.15) is 11.9 Å². The Balaban J connectivity index is 2.58. The van der Waals surface area contributed by atoms with Crippen LogP contribution < -0.4 is 5.32 Å². The van der Waals surface area contributed by atoms with Crippen LogP contribution in [-0.2, 0) is 0 Å². The van der Waals surface area contributed by atoms with Gasteiger partial charge in [0.1, 0.15) is 0 Å². The van der Waals surface area contributed by atoms with Crippen molar-refractivity contribution in [2.45, 2.75) is 6.23 Å². The van der Waals surface area contributed by atoms with Gasteiger partial charge in [-0.2, -0.15) is 0 Å². The number of amides is 1. The quantitative estimate of drug-likeness (QED) is 0.532. The van der Waals surface area contributed by atoms with Gasteiger partial charge >= 0.3 is 6.03 Å². The van der Waals surface area contributed by atoms with Gasteiger partial charge in [0.05, 0.1) is 5.69 Å². The highest BCUT2D eigenvalue weighted by molar-refractivity contribution is 5.80. The molecule has 1 aromatic heterocycles. The summed E-state index contributed by atoms with van der Waals surface area (Å²) >= 11 is 0. The first-order valence-corrected chi connectivity index (χ1v) is 2.95. The maximum Gasteiger partial charge on any atom is 0.328 e. The van der Waals surface area contributed by atoms with Crippen LogP contribution in [-0.4, -0.2) is 15.7 Å². The highest BCUT2D eigenvalue weighted by Crippen LogP contribution is 2.16. The third-order valence-electron chi connectivity index (χ3n) is 1.54. The summed E-state index contributed by atoms with van der Waals surface area (Å²) in [5.41, 5.74) is 0.602. The molecule has 1 unspecified atom stereocenters. The Labute approximate surface area is 57.1 Å². The third-order valence-corrected chi connectivity index (χ3v) is 1.54. The minimum Gasteiger partial charge on any atom is -0.368 e. The summed E-state index contributed by atoms with van der Waals surface area (Å²) in [4.78, 5) is 10.8. The van der Waals surface area contributed by atoms with Crippen LogP contribution >= 0.6 is 0 Å². The van der Waals surface area contributed by atoms with E-state index in [1.165, 1.54) is 4.57 Å². The zero-order valence-electron chi connectivity index (χ0n) is 5.11. The third kappa shape index (κ3) is 0.510. The lowest BCUT2D eigenvalue weighted by molar-refractivity contribution is 0.157. The summed E-state index contributed by atoms with van der Waals surface area (Å²) in [6.07, 6.45) is 0.781. The van der Waals surface area contributed by atoms with Gasteiger partial charge in [0.2, 0.25) is 0 Å². The van der Waals surface area contributed by atoms with Crippen LogP contribution in [0.25, 0.3) is 0 Å². The molecule has 1 aliphatic rings. The predicted octanol–water partition coefficient (Wildman–Crippen LogP) is 0.0503. The Kier molecular flexibility index (Phi) is 0.881. The van der Waals surface area contributed by atoms with Crippen molar-refractivity contribution < 1.29 is 9.90 Å². The standard InChI is InChI=1S/C6H6N2O2/c9-5-4-2-1-3-8(4)6(10)7-5/h1-3,5,9H,(H,7,10). The van der Waals surface area contributed by atoms with Crippen LogP contribution in [0.3, 0.4) is 0 Å². The molecule has 10 heavy (non-hydrogen) atoms. The fourth-order valence-corrected chi connectivity index (χ4v) is 1.06. The minimum absolute atomic E-state index is 0.271. The molecule has 0 saturated carbocycles. The van der Waals surface area contributed by atoms with E-state index >= 15 is 0 Å². The van der Waals surface area contributed by atoms with Crippen molar-refractivity contribution in [3.63, 3.8) is 0 Å². The van der Waals surface area contributed by atoms with Crippen LogP contribution in [0.5, 0.6) is 0 Å². The van der Waals surface area contributed by atoms with E-state index in [1.807, 2.05) is 0 Å². The molecule has 52 valence electrons. The largest absolute Gasteiger partial charge is 0.368 e. The molecular weight excluding hydrogens is 132 g/mol. The molecular formula is C6H6N2O2. The van der Waals surface area contributed by atoms with Crippen LogP contribution in [0, 0.1) is 0 Å². The van der Waals surface area contributed by atoms with E-state index in [0.29, 0.717) is 5.69 Å². The van der Waals surface area contributed by atoms with Gasteiger partial charge in [-0.05, 0) is 12.1 Å². The Morgan fingerprint density at radius 2 is 2.50 bits per heavy atom. The number of carbonyl (C=O) groups is 1. The zero-order chi connectivity index (χ0) is 7.14. The van der Waals surface area contributed by atoms with E-state index in [0.717, 1.165) is 0 Å². The van der Waals surface area contributed by atoms with Gasteiger partial charge < -0.3 is 10.4 Å². The van der Waals surface area contributed by atoms with Crippen molar-refractivity contribution >= 4 is 6.03 Å². The molecule has 1 aliphatic heterocycles. The van der Waals surface area contributed by atoms with Crippen LogP contribution in [0.2, 0.25) is 0 Å². The van der Waals surface area contributed by atoms with Crippen LogP contribution in [0.4, 0.5) is 4.79 Å². The number of carbonyl (C=O) groups excluding carboxylic acids is 1. The smallest absolute Gasteiger partial charge is 0.328 e. The number of aliphatic hydroxyl groups excluding tert-OH is 1. The average Bonchev–Trinajstić information content (AvgIpc) is 2.39. The number of fused-ring (bicyclic) bond motifs is 1. The van der Waals surface area contributed by atoms with Gasteiger partial charge in [-0.1, -0.05) is 0 Å². The number of nitrogens with one attached hydrogen (secondary N) is 1. The maximum atomic E-state index is 10.8. The highest BCUT2D eigenvalue weighted by atomic mass is 16.3. The number of hydrogen-bond acceptors (Lipinski definition) is 2. The zero-order valence-corrected chi connectivity index (χ0v) is 5.11. The molecule has 0 radical (unpaired) electrons. The van der Waals surface area contributed by atoms with E-state index in [1.54, 1.807) is 18.3 Å². The molecule has 1 aromatic rings. The molecule has 0 saturated heterocycles. The van der Waals surface area contributed by atoms with Gasteiger partial charge in [0.15, 0.2) is 6.23 Å². The molecule has 2 N–H and O–H groups in total. The number of aliphatic hydroxyl groups is 1. The van der Waals surface area contributed by atoms with Gasteiger partial charge in [-0.25, -0.2) is 4.79 Å². The predicted molar refractivity (Wildman–Crippen MR) is 33.3 cm³/mol. The Morgan fingerprint density at radius 1 is 1.70 bits per heavy atom. The summed E-state index contributed by atoms with van der Waals surface area (Å²) in [7, 11) is 0. The van der Waals surface area contributed by atoms with E-state index in [-0.39, 0.29) is 6.03 Å². The second-order valence-corrected chi connectivity index (χ2v) is 2.16. The lowest BCUT2D eigenvalue weighted by Gasteiger charge is -1.96. The number of rotatable bonds is 0. The van der Waals surface area contributed by atoms with Crippen LogP contribution in [0.15, 0.2) is 18.3 Å². The number of hydrogen-bond donors (Lipinski definition) is 2. The molecule has 0 fully saturated rings. The fourth-order valence-electron chi connectivity index (χ4n) is 1.06. The number of aromatic nitrogens is 1. The molecule has 0 aromatic carbocycles. The molecule has 4 heteroatoms. The fraction of sp³-hybridized carbons (Fsp3) is 0.167. The molecule has 4 nitrogen and oxygen atoms in total. The van der Waals surface area contributed by atoms with E-state index in [4.69, 9.17) is 5.11 Å². The molecule has 0 aliphatic carbocycles. The second-order valence-electron chi connectivity index (χ2n) is 2.16. The van der Waals surface area contributed by atoms with Gasteiger partial charge in [0, 0.05) is 6.20 Å². The molecule has 0 spiro atoms. The summed E-state index contributed by atoms with van der Waals surface area (Å²) in [5, 5.41) is 11.4. The van der Waals surface area contributed by atoms with E-state index in [2.05, 4.69) is 5.32 Å². The summed E-state index contributed by atoms with van der Waals surface area (Å²) in [6.45, 7) is 0. The van der Waals surface area contributed by atoms with E-state index < -0.39 is 6.23 Å². The van der Waals surface area contributed by atoms with Crippen molar-refractivity contribution in [1.29, 1.82) is 0 Å². The lowest BCUT2D eigenvalue weighted by atomic mass is 10.4. The Bertz CT molecular complexity index is 279. The van der Waals surface area contributed by atoms with Gasteiger partial charge in [0.25, 0.3) is 0 Å². The van der Waals surface area contributed by atoms with Gasteiger partial charge in [-0.3, -0.25) is 4.57 Å².